The average molecular weight is 259 g/mol. The molecule has 106 valence electrons. The molecule has 0 aliphatic rings. The van der Waals surface area contributed by atoms with Gasteiger partial charge in [-0.05, 0) is 33.4 Å². The van der Waals surface area contributed by atoms with Crippen LogP contribution < -0.4 is 10.6 Å². The molecule has 0 aliphatic carbocycles. The Labute approximate surface area is 109 Å². The number of hydrogen-bond acceptors (Lipinski definition) is 3. The number of carbonyl (C=O) groups is 2. The standard InChI is InChI=1S/C12H25N3O3/c1-9(5-6-11(16)17)7-13-12(18)14-10(2)8-15(3)4/h9-10H,5-8H2,1-4H3,(H,16,17)(H2,13,14,18). The number of carbonyl (C=O) groups excluding carboxylic acids is 1. The number of urea groups is 1. The van der Waals surface area contributed by atoms with E-state index >= 15 is 0 Å². The molecule has 0 heterocycles. The van der Waals surface area contributed by atoms with Crippen LogP contribution in [-0.4, -0.2) is 55.2 Å². The van der Waals surface area contributed by atoms with Gasteiger partial charge in [-0.25, -0.2) is 4.79 Å². The van der Waals surface area contributed by atoms with Crippen LogP contribution in [0.25, 0.3) is 0 Å². The number of carboxylic acids is 1. The molecule has 0 fully saturated rings. The Morgan fingerprint density at radius 1 is 1.28 bits per heavy atom. The highest BCUT2D eigenvalue weighted by molar-refractivity contribution is 5.74. The largest absolute Gasteiger partial charge is 0.481 e. The molecule has 0 aromatic carbocycles. The first-order valence-electron chi connectivity index (χ1n) is 6.22. The van der Waals surface area contributed by atoms with Gasteiger partial charge in [0.1, 0.15) is 0 Å². The third-order valence-corrected chi connectivity index (χ3v) is 2.48. The van der Waals surface area contributed by atoms with Crippen molar-refractivity contribution in [2.45, 2.75) is 32.7 Å². The van der Waals surface area contributed by atoms with E-state index in [1.807, 2.05) is 32.8 Å². The normalized spacial score (nSPS) is 14.1. The van der Waals surface area contributed by atoms with E-state index in [1.54, 1.807) is 0 Å². The molecular formula is C12H25N3O3. The van der Waals surface area contributed by atoms with Gasteiger partial charge in [0.15, 0.2) is 0 Å². The Hall–Kier alpha value is -1.30. The Morgan fingerprint density at radius 2 is 1.89 bits per heavy atom. The average Bonchev–Trinajstić information content (AvgIpc) is 2.22. The molecule has 0 bridgehead atoms. The first-order valence-corrected chi connectivity index (χ1v) is 6.22. The minimum atomic E-state index is -0.800. The van der Waals surface area contributed by atoms with E-state index < -0.39 is 5.97 Å². The van der Waals surface area contributed by atoms with Gasteiger partial charge in [-0.3, -0.25) is 4.79 Å². The van der Waals surface area contributed by atoms with E-state index in [1.165, 1.54) is 0 Å². The fraction of sp³-hybridized carbons (Fsp3) is 0.833. The van der Waals surface area contributed by atoms with Gasteiger partial charge in [-0.1, -0.05) is 6.92 Å². The fourth-order valence-corrected chi connectivity index (χ4v) is 1.61. The molecule has 0 saturated heterocycles. The van der Waals surface area contributed by atoms with E-state index in [4.69, 9.17) is 5.11 Å². The Balaban J connectivity index is 3.72. The molecule has 2 unspecified atom stereocenters. The summed E-state index contributed by atoms with van der Waals surface area (Å²) in [4.78, 5) is 23.9. The van der Waals surface area contributed by atoms with Crippen molar-refractivity contribution in [3.05, 3.63) is 0 Å². The molecule has 0 rings (SSSR count). The van der Waals surface area contributed by atoms with Crippen molar-refractivity contribution in [3.63, 3.8) is 0 Å². The van der Waals surface area contributed by atoms with Crippen LogP contribution >= 0.6 is 0 Å². The predicted octanol–water partition coefficient (Wildman–Crippen LogP) is 0.737. The number of hydrogen-bond donors (Lipinski definition) is 3. The molecule has 0 spiro atoms. The molecular weight excluding hydrogens is 234 g/mol. The number of likely N-dealkylation sites (N-methyl/N-ethyl adjacent to an activating group) is 1. The summed E-state index contributed by atoms with van der Waals surface area (Å²) in [6.07, 6.45) is 0.713. The molecule has 0 saturated carbocycles. The first kappa shape index (κ1) is 16.7. The summed E-state index contributed by atoms with van der Waals surface area (Å²) in [6.45, 7) is 5.13. The van der Waals surface area contributed by atoms with Gasteiger partial charge in [-0.2, -0.15) is 0 Å². The predicted molar refractivity (Wildman–Crippen MR) is 70.6 cm³/mol. The zero-order chi connectivity index (χ0) is 14.1. The lowest BCUT2D eigenvalue weighted by Gasteiger charge is -2.19. The van der Waals surface area contributed by atoms with E-state index in [9.17, 15) is 9.59 Å². The summed E-state index contributed by atoms with van der Waals surface area (Å²) in [5.74, 6) is -0.637. The lowest BCUT2D eigenvalue weighted by atomic mass is 10.1. The van der Waals surface area contributed by atoms with Crippen LogP contribution in [0.15, 0.2) is 0 Å². The first-order chi connectivity index (χ1) is 8.31. The van der Waals surface area contributed by atoms with Crippen LogP contribution in [0.3, 0.4) is 0 Å². The lowest BCUT2D eigenvalue weighted by Crippen LogP contribution is -2.45. The second kappa shape index (κ2) is 8.74. The smallest absolute Gasteiger partial charge is 0.315 e. The summed E-state index contributed by atoms with van der Waals surface area (Å²) in [5, 5.41) is 14.1. The molecule has 6 heteroatoms. The number of carboxylic acid groups (broad SMARTS) is 1. The van der Waals surface area contributed by atoms with Crippen LogP contribution in [0, 0.1) is 5.92 Å². The molecule has 0 aromatic rings. The Kier molecular flexibility index (Phi) is 8.11. The maximum absolute atomic E-state index is 11.5. The van der Waals surface area contributed by atoms with Gasteiger partial charge in [0, 0.05) is 25.6 Å². The second-order valence-corrected chi connectivity index (χ2v) is 5.06. The van der Waals surface area contributed by atoms with Gasteiger partial charge < -0.3 is 20.6 Å². The Morgan fingerprint density at radius 3 is 2.39 bits per heavy atom. The molecule has 0 radical (unpaired) electrons. The zero-order valence-electron chi connectivity index (χ0n) is 11.7. The fourth-order valence-electron chi connectivity index (χ4n) is 1.61. The van der Waals surface area contributed by atoms with E-state index in [-0.39, 0.29) is 24.4 Å². The van der Waals surface area contributed by atoms with Crippen LogP contribution in [0.5, 0.6) is 0 Å². The van der Waals surface area contributed by atoms with Crippen molar-refractivity contribution in [1.29, 1.82) is 0 Å². The summed E-state index contributed by atoms with van der Waals surface area (Å²) >= 11 is 0. The monoisotopic (exact) mass is 259 g/mol. The van der Waals surface area contributed by atoms with E-state index in [0.29, 0.717) is 13.0 Å². The summed E-state index contributed by atoms with van der Waals surface area (Å²) in [5.41, 5.74) is 0. The summed E-state index contributed by atoms with van der Waals surface area (Å²) in [6, 6.07) is -0.124. The molecule has 0 aliphatic heterocycles. The highest BCUT2D eigenvalue weighted by atomic mass is 16.4. The number of nitrogens with zero attached hydrogens (tertiary/aromatic N) is 1. The zero-order valence-corrected chi connectivity index (χ0v) is 11.7. The van der Waals surface area contributed by atoms with Crippen molar-refractivity contribution in [2.75, 3.05) is 27.2 Å². The molecule has 3 N–H and O–H groups in total. The van der Waals surface area contributed by atoms with E-state index in [0.717, 1.165) is 6.54 Å². The SMILES string of the molecule is CC(CCC(=O)O)CNC(=O)NC(C)CN(C)C. The van der Waals surface area contributed by atoms with Crippen LogP contribution in [-0.2, 0) is 4.79 Å². The van der Waals surface area contributed by atoms with E-state index in [2.05, 4.69) is 10.6 Å². The van der Waals surface area contributed by atoms with Gasteiger partial charge in [0.2, 0.25) is 0 Å². The minimum absolute atomic E-state index is 0.0781. The van der Waals surface area contributed by atoms with Crippen molar-refractivity contribution < 1.29 is 14.7 Å². The third kappa shape index (κ3) is 9.89. The molecule has 18 heavy (non-hydrogen) atoms. The van der Waals surface area contributed by atoms with Crippen LogP contribution in [0.1, 0.15) is 26.7 Å². The summed E-state index contributed by atoms with van der Waals surface area (Å²) in [7, 11) is 3.90. The number of aliphatic carboxylic acids is 1. The lowest BCUT2D eigenvalue weighted by molar-refractivity contribution is -0.137. The minimum Gasteiger partial charge on any atom is -0.481 e. The highest BCUT2D eigenvalue weighted by Gasteiger charge is 2.10. The highest BCUT2D eigenvalue weighted by Crippen LogP contribution is 2.03. The van der Waals surface area contributed by atoms with Crippen LogP contribution in [0.2, 0.25) is 0 Å². The van der Waals surface area contributed by atoms with Gasteiger partial charge in [0.25, 0.3) is 0 Å². The molecule has 0 aromatic heterocycles. The van der Waals surface area contributed by atoms with Crippen molar-refractivity contribution >= 4 is 12.0 Å². The van der Waals surface area contributed by atoms with Crippen molar-refractivity contribution in [3.8, 4) is 0 Å². The molecule has 2 amide bonds. The quantitative estimate of drug-likeness (QED) is 0.600. The summed E-state index contributed by atoms with van der Waals surface area (Å²) < 4.78 is 0. The van der Waals surface area contributed by atoms with Gasteiger partial charge in [0.05, 0.1) is 0 Å². The van der Waals surface area contributed by atoms with Gasteiger partial charge in [-0.15, -0.1) is 0 Å². The maximum Gasteiger partial charge on any atom is 0.315 e. The van der Waals surface area contributed by atoms with Crippen LogP contribution in [0.4, 0.5) is 4.79 Å². The van der Waals surface area contributed by atoms with Crippen molar-refractivity contribution in [2.24, 2.45) is 5.92 Å². The second-order valence-electron chi connectivity index (χ2n) is 5.06. The van der Waals surface area contributed by atoms with Gasteiger partial charge >= 0.3 is 12.0 Å². The third-order valence-electron chi connectivity index (χ3n) is 2.48. The number of nitrogens with one attached hydrogen (secondary N) is 2. The molecule has 2 atom stereocenters. The Bertz CT molecular complexity index is 269. The molecule has 6 nitrogen and oxygen atoms in total. The number of rotatable bonds is 8. The van der Waals surface area contributed by atoms with Crippen molar-refractivity contribution in [1.82, 2.24) is 15.5 Å². The maximum atomic E-state index is 11.5. The topological polar surface area (TPSA) is 81.7 Å². The number of amides is 2.